The van der Waals surface area contributed by atoms with Crippen molar-refractivity contribution in [1.82, 2.24) is 4.90 Å². The zero-order valence-corrected chi connectivity index (χ0v) is 18.1. The number of likely N-dealkylation sites (N-methyl/N-ethyl adjacent to an activating group) is 1. The number of hydrogen-bond donors (Lipinski definition) is 0. The summed E-state index contributed by atoms with van der Waals surface area (Å²) in [5.41, 5.74) is 3.05. The van der Waals surface area contributed by atoms with Crippen LogP contribution in [0, 0.1) is 10.5 Å². The summed E-state index contributed by atoms with van der Waals surface area (Å²) in [4.78, 5) is 25.2. The van der Waals surface area contributed by atoms with Gasteiger partial charge in [-0.3, -0.25) is 14.5 Å². The van der Waals surface area contributed by atoms with E-state index in [1.165, 1.54) is 12.6 Å². The molecule has 0 unspecified atom stereocenters. The van der Waals surface area contributed by atoms with Crippen molar-refractivity contribution < 1.29 is 19.1 Å². The highest BCUT2D eigenvalue weighted by atomic mass is 127. The third-order valence-corrected chi connectivity index (χ3v) is 5.80. The first-order valence-electron chi connectivity index (χ1n) is 8.16. The van der Waals surface area contributed by atoms with Crippen LogP contribution in [0.2, 0.25) is 0 Å². The third kappa shape index (κ3) is 4.47. The maximum absolute atomic E-state index is 12.1. The summed E-state index contributed by atoms with van der Waals surface area (Å²) in [5, 5.41) is -0.272. The average Bonchev–Trinajstić information content (AvgIpc) is 2.88. The van der Waals surface area contributed by atoms with Gasteiger partial charge in [-0.1, -0.05) is 29.8 Å². The van der Waals surface area contributed by atoms with Crippen LogP contribution in [-0.4, -0.2) is 30.2 Å². The number of carbonyl (C=O) groups is 2. The van der Waals surface area contributed by atoms with E-state index >= 15 is 0 Å². The Morgan fingerprint density at radius 1 is 1.19 bits per heavy atom. The number of hydrogen-bond acceptors (Lipinski definition) is 5. The average molecular weight is 495 g/mol. The van der Waals surface area contributed by atoms with E-state index in [2.05, 4.69) is 22.6 Å². The number of nitrogens with zero attached hydrogens (tertiary/aromatic N) is 1. The molecule has 7 heteroatoms. The van der Waals surface area contributed by atoms with Crippen LogP contribution in [-0.2, 0) is 11.4 Å². The van der Waals surface area contributed by atoms with E-state index in [1.54, 1.807) is 19.3 Å². The lowest BCUT2D eigenvalue weighted by Crippen LogP contribution is -2.22. The maximum atomic E-state index is 12.1. The molecule has 0 spiro atoms. The summed E-state index contributed by atoms with van der Waals surface area (Å²) >= 11 is 3.11. The van der Waals surface area contributed by atoms with Crippen molar-refractivity contribution >= 4 is 51.6 Å². The lowest BCUT2D eigenvalue weighted by Gasteiger charge is -2.14. The fraction of sp³-hybridized carbons (Fsp3) is 0.200. The second-order valence-electron chi connectivity index (χ2n) is 6.05. The molecular formula is C20H18INO4S. The Labute approximate surface area is 175 Å². The van der Waals surface area contributed by atoms with E-state index in [1.807, 2.05) is 37.3 Å². The van der Waals surface area contributed by atoms with Crippen LogP contribution in [0.4, 0.5) is 4.79 Å². The molecule has 1 heterocycles. The van der Waals surface area contributed by atoms with Crippen LogP contribution in [0.5, 0.6) is 11.5 Å². The van der Waals surface area contributed by atoms with Gasteiger partial charge >= 0.3 is 0 Å². The molecular weight excluding hydrogens is 477 g/mol. The fourth-order valence-corrected chi connectivity index (χ4v) is 4.11. The number of imide groups is 1. The van der Waals surface area contributed by atoms with Gasteiger partial charge in [0.2, 0.25) is 0 Å². The molecule has 27 heavy (non-hydrogen) atoms. The summed E-state index contributed by atoms with van der Waals surface area (Å²) in [5.74, 6) is 0.939. The van der Waals surface area contributed by atoms with Gasteiger partial charge < -0.3 is 9.47 Å². The lowest BCUT2D eigenvalue weighted by molar-refractivity contribution is -0.121. The molecule has 1 aliphatic heterocycles. The van der Waals surface area contributed by atoms with Gasteiger partial charge in [0, 0.05) is 7.05 Å². The number of carbonyl (C=O) groups excluding carboxylic acids is 2. The van der Waals surface area contributed by atoms with Crippen molar-refractivity contribution in [2.45, 2.75) is 13.5 Å². The zero-order chi connectivity index (χ0) is 19.6. The van der Waals surface area contributed by atoms with Gasteiger partial charge in [-0.05, 0) is 70.6 Å². The van der Waals surface area contributed by atoms with Crippen molar-refractivity contribution in [2.24, 2.45) is 0 Å². The highest BCUT2D eigenvalue weighted by Crippen LogP contribution is 2.37. The molecule has 2 amide bonds. The van der Waals surface area contributed by atoms with Crippen molar-refractivity contribution in [3.05, 3.63) is 61.6 Å². The monoisotopic (exact) mass is 495 g/mol. The second-order valence-corrected chi connectivity index (χ2v) is 8.20. The van der Waals surface area contributed by atoms with Crippen LogP contribution in [0.25, 0.3) is 6.08 Å². The standard InChI is InChI=1S/C20H18INO4S/c1-12-4-6-13(7-5-12)11-26-18-15(21)8-14(9-16(18)25-3)10-17-19(23)22(2)20(24)27-17/h4-10H,11H2,1-3H3/b17-10+. The van der Waals surface area contributed by atoms with Crippen LogP contribution in [0.1, 0.15) is 16.7 Å². The molecule has 3 rings (SSSR count). The van der Waals surface area contributed by atoms with E-state index in [-0.39, 0.29) is 11.1 Å². The Balaban J connectivity index is 1.84. The summed E-state index contributed by atoms with van der Waals surface area (Å²) in [6, 6.07) is 11.9. The Kier molecular flexibility index (Phi) is 6.11. The Morgan fingerprint density at radius 2 is 1.89 bits per heavy atom. The smallest absolute Gasteiger partial charge is 0.293 e. The van der Waals surface area contributed by atoms with Crippen LogP contribution in [0.15, 0.2) is 41.3 Å². The minimum atomic E-state index is -0.293. The SMILES string of the molecule is COc1cc(/C=C2/SC(=O)N(C)C2=O)cc(I)c1OCc1ccc(C)cc1. The molecule has 0 saturated carbocycles. The molecule has 0 aliphatic carbocycles. The van der Waals surface area contributed by atoms with Crippen molar-refractivity contribution in [2.75, 3.05) is 14.2 Å². The number of aryl methyl sites for hydroxylation is 1. The molecule has 0 bridgehead atoms. The Hall–Kier alpha value is -2.00. The van der Waals surface area contributed by atoms with Gasteiger partial charge in [0.1, 0.15) is 6.61 Å². The molecule has 1 saturated heterocycles. The van der Waals surface area contributed by atoms with Gasteiger partial charge in [-0.15, -0.1) is 0 Å². The Bertz CT molecular complexity index is 924. The van der Waals surface area contributed by atoms with E-state index in [0.29, 0.717) is 23.0 Å². The number of halogens is 1. The lowest BCUT2D eigenvalue weighted by atomic mass is 10.1. The quantitative estimate of drug-likeness (QED) is 0.439. The number of amides is 2. The van der Waals surface area contributed by atoms with Crippen molar-refractivity contribution in [3.8, 4) is 11.5 Å². The highest BCUT2D eigenvalue weighted by Gasteiger charge is 2.31. The predicted octanol–water partition coefficient (Wildman–Crippen LogP) is 4.85. The summed E-state index contributed by atoms with van der Waals surface area (Å²) < 4.78 is 12.3. The number of thioether (sulfide) groups is 1. The number of rotatable bonds is 5. The van der Waals surface area contributed by atoms with Crippen LogP contribution < -0.4 is 9.47 Å². The highest BCUT2D eigenvalue weighted by molar-refractivity contribution is 14.1. The molecule has 0 atom stereocenters. The van der Waals surface area contributed by atoms with E-state index in [9.17, 15) is 9.59 Å². The molecule has 1 fully saturated rings. The normalized spacial score (nSPS) is 15.6. The predicted molar refractivity (Wildman–Crippen MR) is 115 cm³/mol. The van der Waals surface area contributed by atoms with Crippen molar-refractivity contribution in [3.63, 3.8) is 0 Å². The minimum Gasteiger partial charge on any atom is -0.493 e. The summed E-state index contributed by atoms with van der Waals surface area (Å²) in [6.45, 7) is 2.48. The summed E-state index contributed by atoms with van der Waals surface area (Å²) in [7, 11) is 3.05. The Morgan fingerprint density at radius 3 is 2.48 bits per heavy atom. The van der Waals surface area contributed by atoms with Gasteiger partial charge in [0.05, 0.1) is 15.6 Å². The van der Waals surface area contributed by atoms with Crippen molar-refractivity contribution in [1.29, 1.82) is 0 Å². The first kappa shape index (κ1) is 19.8. The van der Waals surface area contributed by atoms with E-state index < -0.39 is 0 Å². The fourth-order valence-electron chi connectivity index (χ4n) is 2.50. The maximum Gasteiger partial charge on any atom is 0.293 e. The summed E-state index contributed by atoms with van der Waals surface area (Å²) in [6.07, 6.45) is 1.70. The molecule has 140 valence electrons. The first-order valence-corrected chi connectivity index (χ1v) is 10.1. The molecule has 1 aliphatic rings. The minimum absolute atomic E-state index is 0.272. The van der Waals surface area contributed by atoms with E-state index in [4.69, 9.17) is 9.47 Å². The molecule has 2 aromatic rings. The third-order valence-electron chi connectivity index (χ3n) is 4.04. The number of ether oxygens (including phenoxy) is 2. The largest absolute Gasteiger partial charge is 0.493 e. The molecule has 0 aromatic heterocycles. The molecule has 2 aromatic carbocycles. The van der Waals surface area contributed by atoms with E-state index in [0.717, 1.165) is 31.4 Å². The van der Waals surface area contributed by atoms with Gasteiger partial charge in [-0.2, -0.15) is 0 Å². The number of methoxy groups -OCH3 is 1. The van der Waals surface area contributed by atoms with Crippen LogP contribution >= 0.6 is 34.4 Å². The zero-order valence-electron chi connectivity index (χ0n) is 15.1. The van der Waals surface area contributed by atoms with Crippen LogP contribution in [0.3, 0.4) is 0 Å². The van der Waals surface area contributed by atoms with Gasteiger partial charge in [-0.25, -0.2) is 0 Å². The topological polar surface area (TPSA) is 55.8 Å². The molecule has 5 nitrogen and oxygen atoms in total. The molecule has 0 N–H and O–H groups in total. The second kappa shape index (κ2) is 8.35. The van der Waals surface area contributed by atoms with Gasteiger partial charge in [0.15, 0.2) is 11.5 Å². The van der Waals surface area contributed by atoms with Gasteiger partial charge in [0.25, 0.3) is 11.1 Å². The molecule has 0 radical (unpaired) electrons. The number of benzene rings is 2. The first-order chi connectivity index (χ1) is 12.9.